The number of fused-ring (bicyclic) bond motifs is 2. The van der Waals surface area contributed by atoms with Crippen LogP contribution in [0.15, 0.2) is 48.5 Å². The minimum atomic E-state index is -1.64. The van der Waals surface area contributed by atoms with Gasteiger partial charge in [-0.1, -0.05) is 5.21 Å². The van der Waals surface area contributed by atoms with E-state index < -0.39 is 28.6 Å². The third-order valence-electron chi connectivity index (χ3n) is 6.75. The maximum Gasteiger partial charge on any atom is 0.251 e. The Kier molecular flexibility index (Phi) is 5.67. The van der Waals surface area contributed by atoms with Gasteiger partial charge in [0.15, 0.2) is 0 Å². The average Bonchev–Trinajstić information content (AvgIpc) is 3.43. The molecule has 5 rings (SSSR count). The van der Waals surface area contributed by atoms with Crippen LogP contribution in [0.5, 0.6) is 5.75 Å². The van der Waals surface area contributed by atoms with E-state index in [9.17, 15) is 19.1 Å². The van der Waals surface area contributed by atoms with Gasteiger partial charge in [-0.3, -0.25) is 9.59 Å². The summed E-state index contributed by atoms with van der Waals surface area (Å²) in [5.74, 6) is -1.10. The number of primary amides is 1. The van der Waals surface area contributed by atoms with Gasteiger partial charge >= 0.3 is 0 Å². The third kappa shape index (κ3) is 4.16. The molecule has 0 fully saturated rings. The molecule has 192 valence electrons. The zero-order chi connectivity index (χ0) is 26.5. The lowest BCUT2D eigenvalue weighted by Gasteiger charge is -2.26. The number of pyridine rings is 1. The number of hydrogen-bond donors (Lipinski definition) is 3. The second-order valence-corrected chi connectivity index (χ2v) is 9.60. The first-order chi connectivity index (χ1) is 17.5. The predicted molar refractivity (Wildman–Crippen MR) is 134 cm³/mol. The maximum absolute atomic E-state index is 13.6. The zero-order valence-electron chi connectivity index (χ0n) is 20.4. The monoisotopic (exact) mass is 506 g/mol. The van der Waals surface area contributed by atoms with E-state index in [1.54, 1.807) is 42.9 Å². The van der Waals surface area contributed by atoms with Crippen molar-refractivity contribution in [1.29, 1.82) is 0 Å². The lowest BCUT2D eigenvalue weighted by atomic mass is 9.82. The Bertz CT molecular complexity index is 1560. The van der Waals surface area contributed by atoms with Gasteiger partial charge in [0.25, 0.3) is 5.91 Å². The Balaban J connectivity index is 0.00000336. The van der Waals surface area contributed by atoms with E-state index in [-0.39, 0.29) is 20.3 Å². The van der Waals surface area contributed by atoms with Crippen LogP contribution in [0.3, 0.4) is 0 Å². The molecule has 37 heavy (non-hydrogen) atoms. The number of aliphatic hydroxyl groups is 1. The summed E-state index contributed by atoms with van der Waals surface area (Å²) in [6.45, 7) is 2.96. The van der Waals surface area contributed by atoms with Crippen molar-refractivity contribution in [2.75, 3.05) is 13.2 Å². The van der Waals surface area contributed by atoms with Crippen LogP contribution in [-0.2, 0) is 22.9 Å². The number of aryl methyl sites for hydroxylation is 1. The number of nitrogens with two attached hydrogens (primary N) is 1. The first-order valence-electron chi connectivity index (χ1n) is 11.5. The molecule has 0 unspecified atom stereocenters. The SMILES string of the molecule is Cn1nnc2cc(C(=O)NC[C@](C)(O)c3cc4c(c(-c5ccc(F)cc5)n3)OC[C@]4(C)C(N)=O)ccc21.[HH]. The molecule has 0 radical (unpaired) electrons. The molecule has 2 amide bonds. The van der Waals surface area contributed by atoms with E-state index in [1.807, 2.05) is 0 Å². The molecule has 2 aromatic heterocycles. The largest absolute Gasteiger partial charge is 0.489 e. The number of benzene rings is 2. The molecule has 4 aromatic rings. The molecule has 0 saturated heterocycles. The van der Waals surface area contributed by atoms with Gasteiger partial charge in [-0.2, -0.15) is 0 Å². The Hall–Kier alpha value is -4.38. The summed E-state index contributed by atoms with van der Waals surface area (Å²) in [6.07, 6.45) is 0. The molecule has 2 aromatic carbocycles. The van der Waals surface area contributed by atoms with Gasteiger partial charge in [-0.25, -0.2) is 14.1 Å². The molecule has 3 heterocycles. The smallest absolute Gasteiger partial charge is 0.251 e. The van der Waals surface area contributed by atoms with Gasteiger partial charge < -0.3 is 20.9 Å². The third-order valence-corrected chi connectivity index (χ3v) is 6.75. The maximum atomic E-state index is 13.6. The Labute approximate surface area is 212 Å². The van der Waals surface area contributed by atoms with Crippen LogP contribution in [0.2, 0.25) is 0 Å². The highest BCUT2D eigenvalue weighted by atomic mass is 19.1. The van der Waals surface area contributed by atoms with Crippen LogP contribution < -0.4 is 15.8 Å². The van der Waals surface area contributed by atoms with Crippen LogP contribution in [0.4, 0.5) is 4.39 Å². The van der Waals surface area contributed by atoms with Gasteiger partial charge in [0.1, 0.15) is 40.4 Å². The van der Waals surface area contributed by atoms with Crippen LogP contribution in [0.25, 0.3) is 22.3 Å². The van der Waals surface area contributed by atoms with Crippen molar-refractivity contribution in [3.8, 4) is 17.0 Å². The van der Waals surface area contributed by atoms with E-state index in [0.29, 0.717) is 33.7 Å². The number of aromatic nitrogens is 4. The van der Waals surface area contributed by atoms with Crippen molar-refractivity contribution in [1.82, 2.24) is 25.3 Å². The normalized spacial score (nSPS) is 18.2. The van der Waals surface area contributed by atoms with Crippen LogP contribution in [0.1, 0.15) is 36.9 Å². The predicted octanol–water partition coefficient (Wildman–Crippen LogP) is 2.19. The van der Waals surface area contributed by atoms with Crippen LogP contribution in [0, 0.1) is 5.82 Å². The second kappa shape index (κ2) is 8.63. The highest BCUT2D eigenvalue weighted by Crippen LogP contribution is 2.45. The van der Waals surface area contributed by atoms with E-state index in [2.05, 4.69) is 20.6 Å². The first kappa shape index (κ1) is 24.3. The van der Waals surface area contributed by atoms with E-state index in [4.69, 9.17) is 10.5 Å². The van der Waals surface area contributed by atoms with Crippen molar-refractivity contribution >= 4 is 22.8 Å². The molecular weight excluding hydrogens is 479 g/mol. The number of nitrogens with zero attached hydrogens (tertiary/aromatic N) is 4. The number of hydrogen-bond acceptors (Lipinski definition) is 7. The molecule has 11 heteroatoms. The fourth-order valence-electron chi connectivity index (χ4n) is 4.29. The van der Waals surface area contributed by atoms with Crippen LogP contribution in [-0.4, -0.2) is 50.1 Å². The van der Waals surface area contributed by atoms with Crippen molar-refractivity contribution in [2.24, 2.45) is 12.8 Å². The number of nitrogens with one attached hydrogen (secondary N) is 1. The highest BCUT2D eigenvalue weighted by molar-refractivity contribution is 5.97. The van der Waals surface area contributed by atoms with Gasteiger partial charge in [-0.05, 0) is 62.4 Å². The van der Waals surface area contributed by atoms with Gasteiger partial charge in [-0.15, -0.1) is 5.10 Å². The molecule has 1 aliphatic rings. The fraction of sp³-hybridized carbons (Fsp3) is 0.269. The quantitative estimate of drug-likeness (QED) is 0.363. The average molecular weight is 507 g/mol. The van der Waals surface area contributed by atoms with Crippen LogP contribution >= 0.6 is 0 Å². The van der Waals surface area contributed by atoms with Gasteiger partial charge in [0, 0.05) is 25.2 Å². The number of amides is 2. The Morgan fingerprint density at radius 3 is 2.70 bits per heavy atom. The highest BCUT2D eigenvalue weighted by Gasteiger charge is 2.45. The van der Waals surface area contributed by atoms with Crippen molar-refractivity contribution in [3.63, 3.8) is 0 Å². The fourth-order valence-corrected chi connectivity index (χ4v) is 4.29. The standard InChI is InChI=1S/C26H25FN6O4.H2/c1-25(24(28)35)13-37-22-17(25)11-20(30-21(22)14-4-7-16(27)8-5-14)26(2,36)12-29-23(34)15-6-9-19-18(10-15)31-32-33(19)3;/h4-11,36H,12-13H2,1-3H3,(H2,28,35)(H,29,34);1H/t25-,26-;/m0./s1. The Morgan fingerprint density at radius 2 is 2.00 bits per heavy atom. The molecule has 0 saturated carbocycles. The summed E-state index contributed by atoms with van der Waals surface area (Å²) in [5.41, 5.74) is 6.11. The topological polar surface area (TPSA) is 145 Å². The summed E-state index contributed by atoms with van der Waals surface area (Å²) >= 11 is 0. The first-order valence-corrected chi connectivity index (χ1v) is 11.5. The van der Waals surface area contributed by atoms with Crippen molar-refractivity contribution < 1.29 is 25.2 Å². The summed E-state index contributed by atoms with van der Waals surface area (Å²) in [4.78, 5) is 29.8. The number of halogens is 1. The number of carbonyl (C=O) groups is 2. The van der Waals surface area contributed by atoms with Gasteiger partial charge in [0.2, 0.25) is 5.91 Å². The van der Waals surface area contributed by atoms with Gasteiger partial charge in [0.05, 0.1) is 17.8 Å². The van der Waals surface area contributed by atoms with E-state index in [0.717, 1.165) is 5.52 Å². The molecular formula is C26H27FN6O4. The molecule has 0 spiro atoms. The molecule has 0 bridgehead atoms. The van der Waals surface area contributed by atoms with E-state index in [1.165, 1.54) is 31.2 Å². The summed E-state index contributed by atoms with van der Waals surface area (Å²) in [7, 11) is 1.75. The van der Waals surface area contributed by atoms with E-state index >= 15 is 0 Å². The lowest BCUT2D eigenvalue weighted by molar-refractivity contribution is -0.123. The minimum absolute atomic E-state index is 0. The molecule has 0 aliphatic carbocycles. The molecule has 10 nitrogen and oxygen atoms in total. The molecule has 1 aliphatic heterocycles. The molecule has 2 atom stereocenters. The Morgan fingerprint density at radius 1 is 1.27 bits per heavy atom. The number of rotatable bonds is 6. The summed E-state index contributed by atoms with van der Waals surface area (Å²) in [6, 6.07) is 12.2. The minimum Gasteiger partial charge on any atom is -0.489 e. The lowest BCUT2D eigenvalue weighted by Crippen LogP contribution is -2.41. The number of ether oxygens (including phenoxy) is 1. The van der Waals surface area contributed by atoms with Crippen molar-refractivity contribution in [3.05, 3.63) is 71.2 Å². The summed E-state index contributed by atoms with van der Waals surface area (Å²) < 4.78 is 21.0. The number of carbonyl (C=O) groups excluding carboxylic acids is 2. The zero-order valence-corrected chi connectivity index (χ0v) is 20.4. The van der Waals surface area contributed by atoms with Crippen molar-refractivity contribution in [2.45, 2.75) is 24.9 Å². The molecule has 4 N–H and O–H groups in total. The summed E-state index contributed by atoms with van der Waals surface area (Å²) in [5, 5.41) is 22.1. The second-order valence-electron chi connectivity index (χ2n) is 9.60.